The van der Waals surface area contributed by atoms with Gasteiger partial charge in [0.05, 0.1) is 36.4 Å². The molecule has 0 N–H and O–H groups in total. The molecule has 0 spiro atoms. The zero-order valence-corrected chi connectivity index (χ0v) is 25.3. The fourth-order valence-corrected chi connectivity index (χ4v) is 4.85. The molecule has 9 nitrogen and oxygen atoms in total. The van der Waals surface area contributed by atoms with Crippen LogP contribution in [0.5, 0.6) is 0 Å². The third-order valence-corrected chi connectivity index (χ3v) is 7.15. The van der Waals surface area contributed by atoms with Crippen LogP contribution in [0, 0.1) is 0 Å². The second-order valence-corrected chi connectivity index (χ2v) is 10.3. The van der Waals surface area contributed by atoms with Crippen LogP contribution in [0.4, 0.5) is 0 Å². The first-order valence-corrected chi connectivity index (χ1v) is 14.3. The monoisotopic (exact) mass is 610 g/mol. The molecule has 0 unspecified atom stereocenters. The number of aromatic nitrogens is 4. The summed E-state index contributed by atoms with van der Waals surface area (Å²) in [5, 5.41) is 1.96. The molecule has 0 aliphatic rings. The topological polar surface area (TPSA) is 121 Å². The number of nitrogens with zero attached hydrogens (tertiary/aromatic N) is 4. The smallest absolute Gasteiger partial charge is 0.337 e. The normalized spacial score (nSPS) is 10.5. The maximum atomic E-state index is 11.6. The van der Waals surface area contributed by atoms with Crippen molar-refractivity contribution in [2.75, 3.05) is 14.2 Å². The zero-order chi connectivity index (χ0) is 32.5. The summed E-state index contributed by atoms with van der Waals surface area (Å²) in [5.41, 5.74) is 8.00. The Bertz CT molecular complexity index is 1930. The molecule has 46 heavy (non-hydrogen) atoms. The number of pyridine rings is 4. The summed E-state index contributed by atoms with van der Waals surface area (Å²) in [6, 6.07) is 22.5. The summed E-state index contributed by atoms with van der Waals surface area (Å²) in [6.07, 6.45) is 10.3. The highest BCUT2D eigenvalue weighted by Gasteiger charge is 2.09. The van der Waals surface area contributed by atoms with Crippen LogP contribution in [0.25, 0.3) is 27.9 Å². The first-order valence-electron chi connectivity index (χ1n) is 14.3. The third-order valence-electron chi connectivity index (χ3n) is 7.15. The van der Waals surface area contributed by atoms with Gasteiger partial charge in [-0.3, -0.25) is 24.7 Å². The van der Waals surface area contributed by atoms with Crippen molar-refractivity contribution in [3.05, 3.63) is 149 Å². The lowest BCUT2D eigenvalue weighted by Gasteiger charge is -2.06. The van der Waals surface area contributed by atoms with Crippen molar-refractivity contribution < 1.29 is 23.9 Å². The molecule has 6 rings (SSSR count). The maximum absolute atomic E-state index is 11.6. The molecule has 6 aromatic rings. The number of carbonyl (C=O) groups excluding carboxylic acids is 3. The molecular weight excluding hydrogens is 580 g/mol. The summed E-state index contributed by atoms with van der Waals surface area (Å²) in [4.78, 5) is 51.3. The fourth-order valence-electron chi connectivity index (χ4n) is 4.85. The second-order valence-electron chi connectivity index (χ2n) is 10.3. The molecule has 228 valence electrons. The molecule has 4 aromatic heterocycles. The summed E-state index contributed by atoms with van der Waals surface area (Å²) >= 11 is 0. The van der Waals surface area contributed by atoms with Crippen LogP contribution in [0.3, 0.4) is 0 Å². The number of ether oxygens (including phenoxy) is 2. The number of rotatable bonds is 8. The predicted octanol–water partition coefficient (Wildman–Crippen LogP) is 6.47. The number of fused-ring (bicyclic) bond motifs is 2. The quantitative estimate of drug-likeness (QED) is 0.141. The van der Waals surface area contributed by atoms with Gasteiger partial charge in [-0.25, -0.2) is 9.59 Å². The van der Waals surface area contributed by atoms with E-state index in [0.717, 1.165) is 56.2 Å². The van der Waals surface area contributed by atoms with E-state index < -0.39 is 0 Å². The highest BCUT2D eigenvalue weighted by molar-refractivity contribution is 5.90. The SMILES string of the molecule is C=Cc1cnc2ccc(Cc3cc(C(=O)OC)ccn3)cc2c1.COC(=O)c1ccnc(Cc2ccc3ncc(C=O)cc3c2)c1. The molecule has 0 saturated carbocycles. The third kappa shape index (κ3) is 7.70. The first kappa shape index (κ1) is 31.3. The Kier molecular flexibility index (Phi) is 9.94. The van der Waals surface area contributed by atoms with Gasteiger partial charge in [-0.15, -0.1) is 0 Å². The minimum Gasteiger partial charge on any atom is -0.465 e. The fraction of sp³-hybridized carbons (Fsp3) is 0.108. The van der Waals surface area contributed by atoms with E-state index in [0.29, 0.717) is 29.5 Å². The molecule has 2 aromatic carbocycles. The molecule has 0 bridgehead atoms. The Labute approximate surface area is 265 Å². The van der Waals surface area contributed by atoms with Gasteiger partial charge in [0.15, 0.2) is 6.29 Å². The van der Waals surface area contributed by atoms with E-state index in [1.54, 1.807) is 61.2 Å². The van der Waals surface area contributed by atoms with Crippen molar-refractivity contribution in [2.24, 2.45) is 0 Å². The van der Waals surface area contributed by atoms with Crippen molar-refractivity contribution in [3.63, 3.8) is 0 Å². The van der Waals surface area contributed by atoms with E-state index in [9.17, 15) is 14.4 Å². The van der Waals surface area contributed by atoms with E-state index in [4.69, 9.17) is 9.47 Å². The van der Waals surface area contributed by atoms with Crippen molar-refractivity contribution in [1.82, 2.24) is 19.9 Å². The van der Waals surface area contributed by atoms with Crippen LogP contribution >= 0.6 is 0 Å². The molecule has 0 aliphatic heterocycles. The Balaban J connectivity index is 0.000000181. The van der Waals surface area contributed by atoms with Gasteiger partial charge in [-0.1, -0.05) is 24.8 Å². The Morgan fingerprint density at radius 3 is 1.59 bits per heavy atom. The van der Waals surface area contributed by atoms with E-state index in [1.165, 1.54) is 14.2 Å². The average Bonchev–Trinajstić information content (AvgIpc) is 3.10. The van der Waals surface area contributed by atoms with E-state index in [2.05, 4.69) is 38.6 Å². The lowest BCUT2D eigenvalue weighted by Crippen LogP contribution is -2.03. The highest BCUT2D eigenvalue weighted by atomic mass is 16.5. The number of hydrogen-bond acceptors (Lipinski definition) is 9. The van der Waals surface area contributed by atoms with Gasteiger partial charge in [0.1, 0.15) is 0 Å². The standard InChI is InChI=1S/C19H16N2O2.C18H14N2O3/c1-3-13-8-16-9-14(4-5-18(16)21-12-13)10-17-11-15(6-7-20-17)19(22)23-2;1-23-18(22)14-4-5-19-16(9-14)8-12-2-3-17-15(6-12)7-13(11-21)10-20-17/h3-9,11-12H,1,10H2,2H3;2-7,9-11H,8H2,1H3. The van der Waals surface area contributed by atoms with Crippen LogP contribution in [0.15, 0.2) is 104 Å². The highest BCUT2D eigenvalue weighted by Crippen LogP contribution is 2.19. The van der Waals surface area contributed by atoms with Crippen LogP contribution in [-0.2, 0) is 22.3 Å². The molecule has 0 radical (unpaired) electrons. The number of esters is 2. The predicted molar refractivity (Wildman–Crippen MR) is 176 cm³/mol. The van der Waals surface area contributed by atoms with Crippen molar-refractivity contribution in [2.45, 2.75) is 12.8 Å². The number of benzene rings is 2. The van der Waals surface area contributed by atoms with Crippen molar-refractivity contribution >= 4 is 46.1 Å². The Morgan fingerprint density at radius 2 is 1.13 bits per heavy atom. The molecule has 0 saturated heterocycles. The number of carbonyl (C=O) groups is 3. The second kappa shape index (κ2) is 14.6. The first-order chi connectivity index (χ1) is 22.4. The summed E-state index contributed by atoms with van der Waals surface area (Å²) in [7, 11) is 2.72. The summed E-state index contributed by atoms with van der Waals surface area (Å²) in [5.74, 6) is -0.737. The van der Waals surface area contributed by atoms with Gasteiger partial charge < -0.3 is 9.47 Å². The summed E-state index contributed by atoms with van der Waals surface area (Å²) in [6.45, 7) is 3.77. The van der Waals surface area contributed by atoms with Crippen LogP contribution in [0.1, 0.15) is 59.2 Å². The number of hydrogen-bond donors (Lipinski definition) is 0. The van der Waals surface area contributed by atoms with Gasteiger partial charge in [-0.2, -0.15) is 0 Å². The van der Waals surface area contributed by atoms with Crippen molar-refractivity contribution in [1.29, 1.82) is 0 Å². The molecule has 0 aliphatic carbocycles. The van der Waals surface area contributed by atoms with Gasteiger partial charge in [0.2, 0.25) is 0 Å². The Morgan fingerprint density at radius 1 is 0.652 bits per heavy atom. The van der Waals surface area contributed by atoms with Gasteiger partial charge in [0.25, 0.3) is 0 Å². The lowest BCUT2D eigenvalue weighted by atomic mass is 10.0. The molecule has 9 heteroatoms. The van der Waals surface area contributed by atoms with Crippen molar-refractivity contribution in [3.8, 4) is 0 Å². The van der Waals surface area contributed by atoms with Crippen LogP contribution in [-0.4, -0.2) is 52.4 Å². The molecule has 4 heterocycles. The average molecular weight is 611 g/mol. The van der Waals surface area contributed by atoms with Crippen LogP contribution in [0.2, 0.25) is 0 Å². The lowest BCUT2D eigenvalue weighted by molar-refractivity contribution is 0.0591. The molecular formula is C37H30N4O5. The van der Waals surface area contributed by atoms with E-state index in [-0.39, 0.29) is 11.9 Å². The molecule has 0 amide bonds. The van der Waals surface area contributed by atoms with Crippen LogP contribution < -0.4 is 0 Å². The van der Waals surface area contributed by atoms with E-state index >= 15 is 0 Å². The van der Waals surface area contributed by atoms with Gasteiger partial charge >= 0.3 is 11.9 Å². The molecule has 0 atom stereocenters. The van der Waals surface area contributed by atoms with E-state index in [1.807, 2.05) is 30.3 Å². The number of aldehydes is 1. The number of methoxy groups -OCH3 is 2. The summed E-state index contributed by atoms with van der Waals surface area (Å²) < 4.78 is 9.46. The van der Waals surface area contributed by atoms with Gasteiger partial charge in [0, 0.05) is 65.4 Å². The largest absolute Gasteiger partial charge is 0.465 e. The minimum absolute atomic E-state index is 0.355. The molecule has 0 fully saturated rings. The van der Waals surface area contributed by atoms with Gasteiger partial charge in [-0.05, 0) is 77.4 Å². The Hall–Kier alpha value is -6.09. The zero-order valence-electron chi connectivity index (χ0n) is 25.3. The minimum atomic E-state index is -0.382. The maximum Gasteiger partial charge on any atom is 0.337 e.